The lowest BCUT2D eigenvalue weighted by molar-refractivity contribution is 1.12. The zero-order valence-corrected chi connectivity index (χ0v) is 9.36. The fourth-order valence-corrected chi connectivity index (χ4v) is 2.01. The second-order valence-corrected chi connectivity index (χ2v) is 4.24. The van der Waals surface area contributed by atoms with E-state index in [1.807, 2.05) is 0 Å². The molecule has 2 heteroatoms. The molecule has 0 N–H and O–H groups in total. The van der Waals surface area contributed by atoms with E-state index in [2.05, 4.69) is 60.4 Å². The Kier molecular flexibility index (Phi) is 1.90. The molecule has 0 radical (unpaired) electrons. The molecule has 0 bridgehead atoms. The Morgan fingerprint density at radius 1 is 0.688 bits per heavy atom. The summed E-state index contributed by atoms with van der Waals surface area (Å²) >= 11 is 0. The molecule has 16 heavy (non-hydrogen) atoms. The van der Waals surface area contributed by atoms with E-state index in [1.165, 1.54) is 21.9 Å². The maximum atomic E-state index is 4.26. The molecule has 78 valence electrons. The molecule has 1 aromatic heterocycles. The molecule has 3 aromatic rings. The van der Waals surface area contributed by atoms with Crippen molar-refractivity contribution >= 4 is 21.8 Å². The topological polar surface area (TPSA) is 25.8 Å². The molecule has 3 rings (SSSR count). The number of aryl methyl sites for hydroxylation is 2. The summed E-state index contributed by atoms with van der Waals surface area (Å²) < 4.78 is 0. The second kappa shape index (κ2) is 3.27. The molecule has 2 nitrogen and oxygen atoms in total. The highest BCUT2D eigenvalue weighted by atomic mass is 15.1. The highest BCUT2D eigenvalue weighted by Gasteiger charge is 2.03. The summed E-state index contributed by atoms with van der Waals surface area (Å²) in [5, 5.41) is 10.9. The Morgan fingerprint density at radius 3 is 1.56 bits per heavy atom. The van der Waals surface area contributed by atoms with Crippen LogP contribution in [0.25, 0.3) is 21.8 Å². The molecule has 0 atom stereocenters. The van der Waals surface area contributed by atoms with Crippen molar-refractivity contribution in [1.29, 1.82) is 0 Å². The summed E-state index contributed by atoms with van der Waals surface area (Å²) in [5.74, 6) is 0. The van der Waals surface area contributed by atoms with E-state index >= 15 is 0 Å². The van der Waals surface area contributed by atoms with Crippen LogP contribution in [0.2, 0.25) is 0 Å². The van der Waals surface area contributed by atoms with Crippen molar-refractivity contribution in [1.82, 2.24) is 10.2 Å². The zero-order chi connectivity index (χ0) is 11.1. The Labute approximate surface area is 93.9 Å². The van der Waals surface area contributed by atoms with E-state index in [4.69, 9.17) is 0 Å². The highest BCUT2D eigenvalue weighted by molar-refractivity contribution is 6.03. The Morgan fingerprint density at radius 2 is 1.12 bits per heavy atom. The number of aromatic nitrogens is 2. The quantitative estimate of drug-likeness (QED) is 0.529. The first kappa shape index (κ1) is 9.28. The molecular formula is C14H12N2. The molecular weight excluding hydrogens is 196 g/mol. The van der Waals surface area contributed by atoms with Gasteiger partial charge in [0.05, 0.1) is 11.0 Å². The van der Waals surface area contributed by atoms with Crippen molar-refractivity contribution in [3.63, 3.8) is 0 Å². The molecule has 0 aliphatic rings. The minimum Gasteiger partial charge on any atom is -0.150 e. The van der Waals surface area contributed by atoms with Gasteiger partial charge in [-0.15, -0.1) is 10.2 Å². The number of hydrogen-bond donors (Lipinski definition) is 0. The fraction of sp³-hybridized carbons (Fsp3) is 0.143. The molecule has 1 heterocycles. The van der Waals surface area contributed by atoms with Crippen LogP contribution in [0.1, 0.15) is 11.1 Å². The number of nitrogens with zero attached hydrogens (tertiary/aromatic N) is 2. The third-order valence-electron chi connectivity index (χ3n) is 2.86. The van der Waals surface area contributed by atoms with Crippen LogP contribution in [0.4, 0.5) is 0 Å². The van der Waals surface area contributed by atoms with Gasteiger partial charge in [-0.2, -0.15) is 0 Å². The average molecular weight is 208 g/mol. The standard InChI is InChI=1S/C14H12N2/c1-9-3-5-11-12-6-4-10(2)8-14(12)16-15-13(11)7-9/h3-8H,1-2H3. The van der Waals surface area contributed by atoms with Gasteiger partial charge in [-0.1, -0.05) is 24.3 Å². The fourth-order valence-electron chi connectivity index (χ4n) is 2.01. The highest BCUT2D eigenvalue weighted by Crippen LogP contribution is 2.23. The molecule has 0 aliphatic heterocycles. The monoisotopic (exact) mass is 208 g/mol. The van der Waals surface area contributed by atoms with Crippen LogP contribution >= 0.6 is 0 Å². The molecule has 0 aliphatic carbocycles. The largest absolute Gasteiger partial charge is 0.150 e. The number of benzene rings is 2. The van der Waals surface area contributed by atoms with Gasteiger partial charge in [0.2, 0.25) is 0 Å². The first-order chi connectivity index (χ1) is 7.74. The lowest BCUT2D eigenvalue weighted by Gasteiger charge is -2.03. The van der Waals surface area contributed by atoms with Crippen molar-refractivity contribution < 1.29 is 0 Å². The predicted molar refractivity (Wildman–Crippen MR) is 66.5 cm³/mol. The van der Waals surface area contributed by atoms with Gasteiger partial charge in [0.1, 0.15) is 0 Å². The van der Waals surface area contributed by atoms with Gasteiger partial charge in [-0.05, 0) is 37.1 Å². The van der Waals surface area contributed by atoms with E-state index in [0.717, 1.165) is 11.0 Å². The Balaban J connectivity index is 2.50. The predicted octanol–water partition coefficient (Wildman–Crippen LogP) is 3.40. The van der Waals surface area contributed by atoms with Crippen LogP contribution in [0.3, 0.4) is 0 Å². The van der Waals surface area contributed by atoms with Crippen LogP contribution in [-0.4, -0.2) is 10.2 Å². The summed E-state index contributed by atoms with van der Waals surface area (Å²) in [6, 6.07) is 12.6. The summed E-state index contributed by atoms with van der Waals surface area (Å²) in [4.78, 5) is 0. The molecule has 0 unspecified atom stereocenters. The first-order valence-corrected chi connectivity index (χ1v) is 5.37. The van der Waals surface area contributed by atoms with Crippen LogP contribution in [0, 0.1) is 13.8 Å². The normalized spacial score (nSPS) is 11.1. The third kappa shape index (κ3) is 1.34. The minimum absolute atomic E-state index is 0.969. The average Bonchev–Trinajstić information content (AvgIpc) is 2.28. The molecule has 2 aromatic carbocycles. The van der Waals surface area contributed by atoms with Crippen molar-refractivity contribution in [3.8, 4) is 0 Å². The molecule has 0 spiro atoms. The van der Waals surface area contributed by atoms with Gasteiger partial charge in [0, 0.05) is 10.8 Å². The van der Waals surface area contributed by atoms with Gasteiger partial charge in [-0.3, -0.25) is 0 Å². The summed E-state index contributed by atoms with van der Waals surface area (Å²) in [7, 11) is 0. The van der Waals surface area contributed by atoms with Gasteiger partial charge >= 0.3 is 0 Å². The molecule has 0 saturated carbocycles. The van der Waals surface area contributed by atoms with Crippen molar-refractivity contribution in [2.45, 2.75) is 13.8 Å². The minimum atomic E-state index is 0.969. The summed E-state index contributed by atoms with van der Waals surface area (Å²) in [5.41, 5.74) is 4.37. The van der Waals surface area contributed by atoms with E-state index < -0.39 is 0 Å². The van der Waals surface area contributed by atoms with Gasteiger partial charge in [0.15, 0.2) is 0 Å². The first-order valence-electron chi connectivity index (χ1n) is 5.37. The van der Waals surface area contributed by atoms with Crippen LogP contribution < -0.4 is 0 Å². The molecule has 0 fully saturated rings. The maximum Gasteiger partial charge on any atom is 0.0938 e. The summed E-state index contributed by atoms with van der Waals surface area (Å²) in [6.07, 6.45) is 0. The van der Waals surface area contributed by atoms with Gasteiger partial charge in [-0.25, -0.2) is 0 Å². The smallest absolute Gasteiger partial charge is 0.0938 e. The second-order valence-electron chi connectivity index (χ2n) is 4.24. The van der Waals surface area contributed by atoms with Crippen molar-refractivity contribution in [2.75, 3.05) is 0 Å². The summed E-state index contributed by atoms with van der Waals surface area (Å²) in [6.45, 7) is 4.14. The number of fused-ring (bicyclic) bond motifs is 3. The number of rotatable bonds is 0. The van der Waals surface area contributed by atoms with E-state index in [9.17, 15) is 0 Å². The zero-order valence-electron chi connectivity index (χ0n) is 9.36. The molecule has 0 saturated heterocycles. The lowest BCUT2D eigenvalue weighted by Crippen LogP contribution is -1.88. The van der Waals surface area contributed by atoms with Crippen LogP contribution in [0.15, 0.2) is 36.4 Å². The van der Waals surface area contributed by atoms with Crippen LogP contribution in [-0.2, 0) is 0 Å². The Hall–Kier alpha value is -1.96. The molecule has 0 amide bonds. The van der Waals surface area contributed by atoms with Gasteiger partial charge < -0.3 is 0 Å². The lowest BCUT2D eigenvalue weighted by atomic mass is 10.1. The van der Waals surface area contributed by atoms with E-state index in [0.29, 0.717) is 0 Å². The van der Waals surface area contributed by atoms with Crippen molar-refractivity contribution in [3.05, 3.63) is 47.5 Å². The van der Waals surface area contributed by atoms with Crippen molar-refractivity contribution in [2.24, 2.45) is 0 Å². The third-order valence-corrected chi connectivity index (χ3v) is 2.86. The Bertz CT molecular complexity index is 626. The SMILES string of the molecule is Cc1ccc2c(c1)nnc1cc(C)ccc12. The van der Waals surface area contributed by atoms with Crippen LogP contribution in [0.5, 0.6) is 0 Å². The van der Waals surface area contributed by atoms with Gasteiger partial charge in [0.25, 0.3) is 0 Å². The van der Waals surface area contributed by atoms with E-state index in [1.54, 1.807) is 0 Å². The number of hydrogen-bond acceptors (Lipinski definition) is 2. The maximum absolute atomic E-state index is 4.26. The van der Waals surface area contributed by atoms with E-state index in [-0.39, 0.29) is 0 Å².